The van der Waals surface area contributed by atoms with E-state index in [1.807, 2.05) is 0 Å². The fourth-order valence-corrected chi connectivity index (χ4v) is 1.74. The van der Waals surface area contributed by atoms with Gasteiger partial charge in [0.25, 0.3) is 5.91 Å². The summed E-state index contributed by atoms with van der Waals surface area (Å²) < 4.78 is 26.1. The van der Waals surface area contributed by atoms with Gasteiger partial charge >= 0.3 is 0 Å². The van der Waals surface area contributed by atoms with E-state index in [0.29, 0.717) is 10.9 Å². The normalized spacial score (nSPS) is 10.2. The molecule has 1 amide bonds. The first kappa shape index (κ1) is 11.5. The van der Waals surface area contributed by atoms with Gasteiger partial charge in [-0.15, -0.1) is 11.3 Å². The molecule has 1 heterocycles. The Morgan fingerprint density at radius 2 is 2.18 bits per heavy atom. The Hall–Kier alpha value is -2.02. The highest BCUT2D eigenvalue weighted by molar-refractivity contribution is 7.11. The van der Waals surface area contributed by atoms with Crippen LogP contribution in [-0.4, -0.2) is 10.9 Å². The standard InChI is InChI=1S/C10H7F2N3OS/c11-5-1-6(12)9(7(13)2-5)15-10(16)8-3-14-4-17-8/h1-4H,13H2,(H,15,16). The maximum Gasteiger partial charge on any atom is 0.267 e. The minimum atomic E-state index is -0.916. The van der Waals surface area contributed by atoms with Gasteiger partial charge in [-0.3, -0.25) is 9.78 Å². The summed E-state index contributed by atoms with van der Waals surface area (Å²) >= 11 is 1.10. The van der Waals surface area contributed by atoms with Crippen molar-refractivity contribution in [1.82, 2.24) is 4.98 Å². The second-order valence-electron chi connectivity index (χ2n) is 3.17. The number of amides is 1. The average Bonchev–Trinajstić information content (AvgIpc) is 2.76. The molecule has 0 aliphatic rings. The van der Waals surface area contributed by atoms with E-state index in [0.717, 1.165) is 17.4 Å². The van der Waals surface area contributed by atoms with Crippen LogP contribution >= 0.6 is 11.3 Å². The number of nitrogens with two attached hydrogens (primary N) is 1. The molecule has 0 fully saturated rings. The zero-order valence-electron chi connectivity index (χ0n) is 8.41. The molecule has 0 bridgehead atoms. The molecule has 88 valence electrons. The predicted octanol–water partition coefficient (Wildman–Crippen LogP) is 2.26. The molecule has 17 heavy (non-hydrogen) atoms. The van der Waals surface area contributed by atoms with Gasteiger partial charge in [0.1, 0.15) is 16.4 Å². The van der Waals surface area contributed by atoms with Crippen LogP contribution in [0.25, 0.3) is 0 Å². The Labute approximate surface area is 99.1 Å². The summed E-state index contributed by atoms with van der Waals surface area (Å²) in [5.74, 6) is -2.25. The Balaban J connectivity index is 2.28. The Morgan fingerprint density at radius 1 is 1.41 bits per heavy atom. The smallest absolute Gasteiger partial charge is 0.267 e. The van der Waals surface area contributed by atoms with Gasteiger partial charge in [0.15, 0.2) is 5.82 Å². The van der Waals surface area contributed by atoms with Crippen molar-refractivity contribution < 1.29 is 13.6 Å². The second kappa shape index (κ2) is 4.46. The number of hydrogen-bond acceptors (Lipinski definition) is 4. The van der Waals surface area contributed by atoms with Crippen LogP contribution in [0.4, 0.5) is 20.2 Å². The third-order valence-corrected chi connectivity index (χ3v) is 2.75. The molecule has 0 aliphatic carbocycles. The largest absolute Gasteiger partial charge is 0.397 e. The Morgan fingerprint density at radius 3 is 2.76 bits per heavy atom. The minimum absolute atomic E-state index is 0.166. The van der Waals surface area contributed by atoms with E-state index < -0.39 is 17.5 Å². The number of carbonyl (C=O) groups excluding carboxylic acids is 1. The van der Waals surface area contributed by atoms with Gasteiger partial charge in [-0.25, -0.2) is 8.78 Å². The summed E-state index contributed by atoms with van der Waals surface area (Å²) in [6.45, 7) is 0. The van der Waals surface area contributed by atoms with Crippen LogP contribution in [0.5, 0.6) is 0 Å². The number of nitrogen functional groups attached to an aromatic ring is 1. The number of aromatic nitrogens is 1. The second-order valence-corrected chi connectivity index (χ2v) is 4.06. The highest BCUT2D eigenvalue weighted by Crippen LogP contribution is 2.24. The van der Waals surface area contributed by atoms with Gasteiger partial charge in [0.2, 0.25) is 0 Å². The monoisotopic (exact) mass is 255 g/mol. The number of nitrogens with zero attached hydrogens (tertiary/aromatic N) is 1. The fraction of sp³-hybridized carbons (Fsp3) is 0. The van der Waals surface area contributed by atoms with Crippen molar-refractivity contribution in [2.45, 2.75) is 0 Å². The molecule has 2 rings (SSSR count). The van der Waals surface area contributed by atoms with Crippen LogP contribution in [-0.2, 0) is 0 Å². The lowest BCUT2D eigenvalue weighted by Crippen LogP contribution is -2.13. The van der Waals surface area contributed by atoms with Crippen molar-refractivity contribution in [3.8, 4) is 0 Å². The summed E-state index contributed by atoms with van der Waals surface area (Å²) in [6, 6.07) is 1.59. The van der Waals surface area contributed by atoms with Gasteiger partial charge in [-0.2, -0.15) is 0 Å². The molecule has 0 aliphatic heterocycles. The number of hydrogen-bond donors (Lipinski definition) is 2. The highest BCUT2D eigenvalue weighted by Gasteiger charge is 2.14. The van der Waals surface area contributed by atoms with Crippen LogP contribution in [0, 0.1) is 11.6 Å². The van der Waals surface area contributed by atoms with Gasteiger partial charge in [-0.1, -0.05) is 0 Å². The van der Waals surface area contributed by atoms with E-state index >= 15 is 0 Å². The molecule has 2 aromatic rings. The molecule has 0 radical (unpaired) electrons. The van der Waals surface area contributed by atoms with Crippen LogP contribution in [0.2, 0.25) is 0 Å². The molecule has 1 aromatic heterocycles. The molecule has 0 unspecified atom stereocenters. The van der Waals surface area contributed by atoms with Crippen molar-refractivity contribution in [2.75, 3.05) is 11.1 Å². The lowest BCUT2D eigenvalue weighted by molar-refractivity contribution is 0.103. The van der Waals surface area contributed by atoms with E-state index in [1.54, 1.807) is 0 Å². The van der Waals surface area contributed by atoms with Gasteiger partial charge in [-0.05, 0) is 6.07 Å². The van der Waals surface area contributed by atoms with E-state index in [9.17, 15) is 13.6 Å². The van der Waals surface area contributed by atoms with Crippen LogP contribution in [0.3, 0.4) is 0 Å². The first-order chi connectivity index (χ1) is 8.08. The van der Waals surface area contributed by atoms with Crippen molar-refractivity contribution in [1.29, 1.82) is 0 Å². The first-order valence-corrected chi connectivity index (χ1v) is 5.40. The Bertz CT molecular complexity index is 534. The third kappa shape index (κ3) is 2.39. The van der Waals surface area contributed by atoms with Crippen LogP contribution < -0.4 is 11.1 Å². The lowest BCUT2D eigenvalue weighted by Gasteiger charge is -2.08. The van der Waals surface area contributed by atoms with Crippen molar-refractivity contribution >= 4 is 28.6 Å². The minimum Gasteiger partial charge on any atom is -0.397 e. The number of anilines is 2. The molecule has 0 spiro atoms. The van der Waals surface area contributed by atoms with Crippen LogP contribution in [0.15, 0.2) is 23.8 Å². The topological polar surface area (TPSA) is 68.0 Å². The zero-order chi connectivity index (χ0) is 12.4. The number of benzene rings is 1. The summed E-state index contributed by atoms with van der Waals surface area (Å²) in [7, 11) is 0. The maximum absolute atomic E-state index is 13.4. The average molecular weight is 255 g/mol. The first-order valence-electron chi connectivity index (χ1n) is 4.52. The molecule has 0 saturated carbocycles. The lowest BCUT2D eigenvalue weighted by atomic mass is 10.2. The molecule has 1 aromatic carbocycles. The van der Waals surface area contributed by atoms with E-state index in [-0.39, 0.29) is 11.4 Å². The van der Waals surface area contributed by atoms with E-state index in [4.69, 9.17) is 5.73 Å². The molecule has 3 N–H and O–H groups in total. The third-order valence-electron chi connectivity index (χ3n) is 1.98. The summed E-state index contributed by atoms with van der Waals surface area (Å²) in [5.41, 5.74) is 6.49. The highest BCUT2D eigenvalue weighted by atomic mass is 32.1. The zero-order valence-corrected chi connectivity index (χ0v) is 9.22. The quantitative estimate of drug-likeness (QED) is 0.809. The number of thiazole rings is 1. The van der Waals surface area contributed by atoms with Crippen molar-refractivity contribution in [3.05, 3.63) is 40.4 Å². The van der Waals surface area contributed by atoms with Crippen molar-refractivity contribution in [2.24, 2.45) is 0 Å². The maximum atomic E-state index is 13.4. The van der Waals surface area contributed by atoms with E-state index in [1.165, 1.54) is 11.7 Å². The Kier molecular flexibility index (Phi) is 3.01. The fourth-order valence-electron chi connectivity index (χ4n) is 1.23. The van der Waals surface area contributed by atoms with E-state index in [2.05, 4.69) is 10.3 Å². The molecule has 0 saturated heterocycles. The van der Waals surface area contributed by atoms with Gasteiger partial charge in [0.05, 0.1) is 17.4 Å². The molecule has 0 atom stereocenters. The number of carbonyl (C=O) groups is 1. The molecular formula is C10H7F2N3OS. The van der Waals surface area contributed by atoms with Crippen LogP contribution in [0.1, 0.15) is 9.67 Å². The number of nitrogens with one attached hydrogen (secondary N) is 1. The molecule has 7 heteroatoms. The number of halogens is 2. The summed E-state index contributed by atoms with van der Waals surface area (Å²) in [5, 5.41) is 2.27. The summed E-state index contributed by atoms with van der Waals surface area (Å²) in [6.07, 6.45) is 1.34. The van der Waals surface area contributed by atoms with Crippen molar-refractivity contribution in [3.63, 3.8) is 0 Å². The predicted molar refractivity (Wildman–Crippen MR) is 60.8 cm³/mol. The number of rotatable bonds is 2. The SMILES string of the molecule is Nc1cc(F)cc(F)c1NC(=O)c1cncs1. The summed E-state index contributed by atoms with van der Waals surface area (Å²) in [4.78, 5) is 15.6. The molecular weight excluding hydrogens is 248 g/mol. The molecule has 4 nitrogen and oxygen atoms in total. The van der Waals surface area contributed by atoms with Gasteiger partial charge in [0, 0.05) is 6.07 Å². The van der Waals surface area contributed by atoms with Gasteiger partial charge < -0.3 is 11.1 Å².